The third kappa shape index (κ3) is 2.94. The van der Waals surface area contributed by atoms with Crippen LogP contribution in [0.25, 0.3) is 22.4 Å². The number of likely N-dealkylation sites (N-methyl/N-ethyl adjacent to an activating group) is 1. The Morgan fingerprint density at radius 1 is 0.913 bits per heavy atom. The number of H-pyrrole nitrogens is 1. The van der Waals surface area contributed by atoms with E-state index in [9.17, 15) is 0 Å². The number of aromatic amines is 1. The van der Waals surface area contributed by atoms with E-state index < -0.39 is 0 Å². The summed E-state index contributed by atoms with van der Waals surface area (Å²) < 4.78 is 0. The lowest BCUT2D eigenvalue weighted by Crippen LogP contribution is -2.28. The number of rotatable bonds is 2. The molecule has 4 rings (SSSR count). The number of hydrogen-bond donors (Lipinski definition) is 1. The Hall–Kier alpha value is -2.33. The molecule has 23 heavy (non-hydrogen) atoms. The first-order valence-electron chi connectivity index (χ1n) is 8.28. The molecule has 4 nitrogen and oxygen atoms in total. The molecular weight excluding hydrogens is 284 g/mol. The summed E-state index contributed by atoms with van der Waals surface area (Å²) in [5.74, 6) is 0.938. The van der Waals surface area contributed by atoms with Gasteiger partial charge in [0, 0.05) is 30.9 Å². The van der Waals surface area contributed by atoms with E-state index in [1.54, 1.807) is 0 Å². The maximum Gasteiger partial charge on any atom is 0.138 e. The molecule has 3 aromatic rings. The highest BCUT2D eigenvalue weighted by Gasteiger charge is 2.13. The van der Waals surface area contributed by atoms with Gasteiger partial charge in [-0.3, -0.25) is 0 Å². The summed E-state index contributed by atoms with van der Waals surface area (Å²) in [7, 11) is 2.20. The molecule has 0 amide bonds. The maximum absolute atomic E-state index is 4.67. The normalized spacial score (nSPS) is 16.7. The molecule has 1 N–H and O–H groups in total. The van der Waals surface area contributed by atoms with Gasteiger partial charge in [-0.1, -0.05) is 12.1 Å². The number of anilines is 1. The van der Waals surface area contributed by atoms with Crippen LogP contribution in [0.15, 0.2) is 48.5 Å². The van der Waals surface area contributed by atoms with Crippen molar-refractivity contribution in [3.8, 4) is 11.4 Å². The van der Waals surface area contributed by atoms with Crippen LogP contribution >= 0.6 is 0 Å². The zero-order valence-electron chi connectivity index (χ0n) is 13.5. The molecule has 0 bridgehead atoms. The first kappa shape index (κ1) is 14.3. The van der Waals surface area contributed by atoms with Gasteiger partial charge in [-0.25, -0.2) is 4.98 Å². The highest BCUT2D eigenvalue weighted by molar-refractivity contribution is 5.79. The van der Waals surface area contributed by atoms with Gasteiger partial charge in [0.15, 0.2) is 0 Å². The lowest BCUT2D eigenvalue weighted by Gasteiger charge is -2.22. The Bertz CT molecular complexity index is 757. The van der Waals surface area contributed by atoms with Gasteiger partial charge in [0.05, 0.1) is 11.0 Å². The molecule has 0 spiro atoms. The Morgan fingerprint density at radius 3 is 2.57 bits per heavy atom. The fourth-order valence-corrected chi connectivity index (χ4v) is 3.22. The Kier molecular flexibility index (Phi) is 3.75. The molecule has 0 unspecified atom stereocenters. The predicted molar refractivity (Wildman–Crippen MR) is 95.9 cm³/mol. The summed E-state index contributed by atoms with van der Waals surface area (Å²) in [6.07, 6.45) is 1.22. The van der Waals surface area contributed by atoms with E-state index in [0.717, 1.165) is 42.1 Å². The van der Waals surface area contributed by atoms with E-state index in [-0.39, 0.29) is 0 Å². The molecule has 1 aliphatic rings. The van der Waals surface area contributed by atoms with Crippen LogP contribution in [-0.4, -0.2) is 48.1 Å². The molecule has 2 aromatic carbocycles. The van der Waals surface area contributed by atoms with Crippen molar-refractivity contribution >= 4 is 16.7 Å². The summed E-state index contributed by atoms with van der Waals surface area (Å²) in [6, 6.07) is 16.9. The molecule has 4 heteroatoms. The zero-order chi connectivity index (χ0) is 15.6. The van der Waals surface area contributed by atoms with Gasteiger partial charge < -0.3 is 14.8 Å². The van der Waals surface area contributed by atoms with Crippen molar-refractivity contribution in [2.75, 3.05) is 38.1 Å². The van der Waals surface area contributed by atoms with Crippen LogP contribution in [0.2, 0.25) is 0 Å². The SMILES string of the molecule is CN1CCCN(c2ccc(-c3nc4ccccc4[nH]3)cc2)CC1. The van der Waals surface area contributed by atoms with Crippen molar-refractivity contribution in [3.63, 3.8) is 0 Å². The maximum atomic E-state index is 4.67. The number of imidazole rings is 1. The number of benzene rings is 2. The zero-order valence-corrected chi connectivity index (χ0v) is 13.5. The third-order valence-electron chi connectivity index (χ3n) is 4.61. The van der Waals surface area contributed by atoms with Gasteiger partial charge in [0.2, 0.25) is 0 Å². The summed E-state index contributed by atoms with van der Waals surface area (Å²) in [5.41, 5.74) is 4.54. The molecule has 0 aliphatic carbocycles. The number of aromatic nitrogens is 2. The highest BCUT2D eigenvalue weighted by Crippen LogP contribution is 2.24. The van der Waals surface area contributed by atoms with Crippen LogP contribution in [0.3, 0.4) is 0 Å². The van der Waals surface area contributed by atoms with E-state index in [2.05, 4.69) is 57.1 Å². The molecule has 2 heterocycles. The fourth-order valence-electron chi connectivity index (χ4n) is 3.22. The Balaban J connectivity index is 1.57. The van der Waals surface area contributed by atoms with Gasteiger partial charge in [-0.2, -0.15) is 0 Å². The van der Waals surface area contributed by atoms with Crippen LogP contribution in [0.5, 0.6) is 0 Å². The van der Waals surface area contributed by atoms with Gasteiger partial charge >= 0.3 is 0 Å². The second kappa shape index (κ2) is 6.05. The topological polar surface area (TPSA) is 35.2 Å². The van der Waals surface area contributed by atoms with Crippen molar-refractivity contribution < 1.29 is 0 Å². The number of fused-ring (bicyclic) bond motifs is 1. The molecular formula is C19H22N4. The average molecular weight is 306 g/mol. The molecule has 0 radical (unpaired) electrons. The molecule has 1 saturated heterocycles. The number of para-hydroxylation sites is 2. The van der Waals surface area contributed by atoms with Crippen molar-refractivity contribution in [3.05, 3.63) is 48.5 Å². The van der Waals surface area contributed by atoms with Crippen molar-refractivity contribution in [2.45, 2.75) is 6.42 Å². The van der Waals surface area contributed by atoms with Gasteiger partial charge in [-0.05, 0) is 56.4 Å². The van der Waals surface area contributed by atoms with Crippen LogP contribution < -0.4 is 4.90 Å². The van der Waals surface area contributed by atoms with E-state index in [1.165, 1.54) is 18.7 Å². The monoisotopic (exact) mass is 306 g/mol. The minimum atomic E-state index is 0.938. The lowest BCUT2D eigenvalue weighted by atomic mass is 10.2. The third-order valence-corrected chi connectivity index (χ3v) is 4.61. The largest absolute Gasteiger partial charge is 0.370 e. The van der Waals surface area contributed by atoms with Crippen LogP contribution in [0.1, 0.15) is 6.42 Å². The van der Waals surface area contributed by atoms with E-state index in [1.807, 2.05) is 18.2 Å². The summed E-state index contributed by atoms with van der Waals surface area (Å²) in [6.45, 7) is 4.55. The smallest absolute Gasteiger partial charge is 0.138 e. The quantitative estimate of drug-likeness (QED) is 0.788. The second-order valence-corrected chi connectivity index (χ2v) is 6.29. The number of nitrogens with zero attached hydrogens (tertiary/aromatic N) is 3. The molecule has 1 aliphatic heterocycles. The fraction of sp³-hybridized carbons (Fsp3) is 0.316. The van der Waals surface area contributed by atoms with Crippen LogP contribution in [-0.2, 0) is 0 Å². The summed E-state index contributed by atoms with van der Waals surface area (Å²) in [5, 5.41) is 0. The van der Waals surface area contributed by atoms with Gasteiger partial charge in [0.1, 0.15) is 5.82 Å². The van der Waals surface area contributed by atoms with Crippen LogP contribution in [0, 0.1) is 0 Å². The van der Waals surface area contributed by atoms with E-state index in [4.69, 9.17) is 0 Å². The minimum absolute atomic E-state index is 0.938. The summed E-state index contributed by atoms with van der Waals surface area (Å²) >= 11 is 0. The molecule has 0 atom stereocenters. The number of nitrogens with one attached hydrogen (secondary N) is 1. The minimum Gasteiger partial charge on any atom is -0.370 e. The highest BCUT2D eigenvalue weighted by atomic mass is 15.2. The average Bonchev–Trinajstić information content (AvgIpc) is 2.90. The number of hydrogen-bond acceptors (Lipinski definition) is 3. The standard InChI is InChI=1S/C19H22N4/c1-22-11-4-12-23(14-13-22)16-9-7-15(8-10-16)19-20-17-5-2-3-6-18(17)21-19/h2-3,5-10H,4,11-14H2,1H3,(H,20,21). The van der Waals surface area contributed by atoms with Crippen molar-refractivity contribution in [1.82, 2.24) is 14.9 Å². The predicted octanol–water partition coefficient (Wildman–Crippen LogP) is 3.37. The van der Waals surface area contributed by atoms with Gasteiger partial charge in [-0.15, -0.1) is 0 Å². The summed E-state index contributed by atoms with van der Waals surface area (Å²) in [4.78, 5) is 13.0. The van der Waals surface area contributed by atoms with Crippen molar-refractivity contribution in [2.24, 2.45) is 0 Å². The molecule has 118 valence electrons. The molecule has 1 aromatic heterocycles. The van der Waals surface area contributed by atoms with Crippen LogP contribution in [0.4, 0.5) is 5.69 Å². The second-order valence-electron chi connectivity index (χ2n) is 6.29. The van der Waals surface area contributed by atoms with E-state index >= 15 is 0 Å². The molecule has 1 fully saturated rings. The van der Waals surface area contributed by atoms with E-state index in [0.29, 0.717) is 0 Å². The first-order valence-corrected chi connectivity index (χ1v) is 8.28. The lowest BCUT2D eigenvalue weighted by molar-refractivity contribution is 0.360. The van der Waals surface area contributed by atoms with Crippen molar-refractivity contribution in [1.29, 1.82) is 0 Å². The molecule has 0 saturated carbocycles. The first-order chi connectivity index (χ1) is 11.3. The Labute approximate surface area is 136 Å². The van der Waals surface area contributed by atoms with Gasteiger partial charge in [0.25, 0.3) is 0 Å². The Morgan fingerprint density at radius 2 is 1.74 bits per heavy atom.